The van der Waals surface area contributed by atoms with Crippen molar-refractivity contribution in [2.45, 2.75) is 57.2 Å². The summed E-state index contributed by atoms with van der Waals surface area (Å²) in [5.41, 5.74) is 0. The van der Waals surface area contributed by atoms with Gasteiger partial charge in [-0.3, -0.25) is 4.39 Å². The maximum Gasteiger partial charge on any atom is 0.500 e. The fourth-order valence-electron chi connectivity index (χ4n) is 2.71. The Morgan fingerprint density at radius 3 is 1.79 bits per heavy atom. The molecular weight excluding hydrogens is 379 g/mol. The average molecular weight is 417 g/mol. The van der Waals surface area contributed by atoms with Gasteiger partial charge in [0.25, 0.3) is 0 Å². The minimum atomic E-state index is -2.41. The molecule has 0 rings (SSSR count). The Kier molecular flexibility index (Phi) is 12.6. The number of thioether (sulfide) groups is 1. The minimum absolute atomic E-state index is 0.229. The molecule has 0 amide bonds. The van der Waals surface area contributed by atoms with Crippen LogP contribution in [0.25, 0.3) is 0 Å². The van der Waals surface area contributed by atoms with Crippen LogP contribution in [-0.2, 0) is 17.4 Å². The van der Waals surface area contributed by atoms with Crippen molar-refractivity contribution >= 4 is 37.2 Å². The predicted octanol–water partition coefficient (Wildman–Crippen LogP) is 4.77. The maximum absolute atomic E-state index is 12.4. The second-order valence-electron chi connectivity index (χ2n) is 7.18. The van der Waals surface area contributed by atoms with E-state index in [0.29, 0.717) is 6.42 Å². The summed E-state index contributed by atoms with van der Waals surface area (Å²) in [7, 11) is -0.795. The molecule has 0 spiro atoms. The van der Waals surface area contributed by atoms with Crippen molar-refractivity contribution in [1.82, 2.24) is 0 Å². The smallest absolute Gasteiger partial charge is 0.455 e. The fourth-order valence-corrected chi connectivity index (χ4v) is 15.6. The lowest BCUT2D eigenvalue weighted by Gasteiger charge is -2.34. The largest absolute Gasteiger partial charge is 0.500 e. The van der Waals surface area contributed by atoms with E-state index in [1.165, 1.54) is 0 Å². The Labute approximate surface area is 155 Å². The van der Waals surface area contributed by atoms with Gasteiger partial charge in [0.15, 0.2) is 16.6 Å². The molecule has 4 nitrogen and oxygen atoms in total. The molecule has 146 valence electrons. The van der Waals surface area contributed by atoms with Crippen molar-refractivity contribution in [2.24, 2.45) is 0 Å². The van der Waals surface area contributed by atoms with E-state index in [1.54, 1.807) is 21.3 Å². The summed E-state index contributed by atoms with van der Waals surface area (Å²) in [6, 6.07) is 2.92. The first-order valence-electron chi connectivity index (χ1n) is 8.65. The van der Waals surface area contributed by atoms with E-state index in [2.05, 4.69) is 26.2 Å². The Morgan fingerprint density at radius 2 is 1.29 bits per heavy atom. The molecule has 0 aromatic carbocycles. The van der Waals surface area contributed by atoms with E-state index in [0.717, 1.165) is 36.1 Å². The van der Waals surface area contributed by atoms with Crippen molar-refractivity contribution in [3.05, 3.63) is 0 Å². The van der Waals surface area contributed by atoms with E-state index in [9.17, 15) is 4.39 Å². The summed E-state index contributed by atoms with van der Waals surface area (Å²) in [6.07, 6.45) is 1.68. The van der Waals surface area contributed by atoms with Crippen molar-refractivity contribution in [2.75, 3.05) is 39.5 Å². The number of hydrogen-bond donors (Lipinski definition) is 0. The third-order valence-corrected chi connectivity index (χ3v) is 15.7. The standard InChI is InChI=1S/C15H37FO4SSi3/c1-17-24(18-2,19-3)14-9-11-21-12-15-23(6,7)20-22(4,5)13-8-10-16/h8-15H2,1-7H3. The van der Waals surface area contributed by atoms with Crippen molar-refractivity contribution < 1.29 is 21.8 Å². The van der Waals surface area contributed by atoms with E-state index < -0.39 is 25.4 Å². The molecule has 0 N–H and O–H groups in total. The fraction of sp³-hybridized carbons (Fsp3) is 1.00. The van der Waals surface area contributed by atoms with E-state index in [-0.39, 0.29) is 6.67 Å². The molecule has 0 unspecified atom stereocenters. The Morgan fingerprint density at radius 1 is 0.750 bits per heavy atom. The van der Waals surface area contributed by atoms with Crippen LogP contribution >= 0.6 is 11.8 Å². The zero-order valence-electron chi connectivity index (χ0n) is 16.6. The summed E-state index contributed by atoms with van der Waals surface area (Å²) in [6.45, 7) is 8.78. The quantitative estimate of drug-likeness (QED) is 0.284. The second-order valence-corrected chi connectivity index (χ2v) is 20.3. The Hall–Kier alpha value is 0.771. The van der Waals surface area contributed by atoms with Gasteiger partial charge in [-0.25, -0.2) is 0 Å². The first-order valence-corrected chi connectivity index (χ1v) is 18.0. The van der Waals surface area contributed by atoms with E-state index >= 15 is 0 Å². The summed E-state index contributed by atoms with van der Waals surface area (Å²) in [4.78, 5) is 0. The van der Waals surface area contributed by atoms with Gasteiger partial charge in [-0.05, 0) is 62.6 Å². The number of hydrogen-bond acceptors (Lipinski definition) is 5. The third-order valence-electron chi connectivity index (χ3n) is 4.02. The van der Waals surface area contributed by atoms with Crippen LogP contribution in [0.5, 0.6) is 0 Å². The minimum Gasteiger partial charge on any atom is -0.455 e. The van der Waals surface area contributed by atoms with Gasteiger partial charge in [-0.1, -0.05) is 0 Å². The van der Waals surface area contributed by atoms with Crippen molar-refractivity contribution in [3.63, 3.8) is 0 Å². The molecule has 0 radical (unpaired) electrons. The van der Waals surface area contributed by atoms with Crippen LogP contribution in [0.2, 0.25) is 44.3 Å². The summed E-state index contributed by atoms with van der Waals surface area (Å²) in [5.74, 6) is 2.20. The summed E-state index contributed by atoms with van der Waals surface area (Å²) in [5, 5.41) is 0. The molecule has 9 heteroatoms. The lowest BCUT2D eigenvalue weighted by Crippen LogP contribution is -2.44. The maximum atomic E-state index is 12.4. The second kappa shape index (κ2) is 12.2. The summed E-state index contributed by atoms with van der Waals surface area (Å²) >= 11 is 1.96. The highest BCUT2D eigenvalue weighted by molar-refractivity contribution is 7.99. The van der Waals surface area contributed by atoms with Gasteiger partial charge < -0.3 is 17.4 Å². The average Bonchev–Trinajstić information content (AvgIpc) is 2.52. The third kappa shape index (κ3) is 10.7. The van der Waals surface area contributed by atoms with Crippen LogP contribution in [-0.4, -0.2) is 64.9 Å². The molecule has 0 bridgehead atoms. The van der Waals surface area contributed by atoms with Crippen LogP contribution in [0.15, 0.2) is 0 Å². The molecule has 0 aromatic heterocycles. The molecule has 0 saturated carbocycles. The van der Waals surface area contributed by atoms with Gasteiger partial charge in [0.2, 0.25) is 0 Å². The van der Waals surface area contributed by atoms with E-state index in [1.807, 2.05) is 11.8 Å². The van der Waals surface area contributed by atoms with Gasteiger partial charge >= 0.3 is 8.80 Å². The highest BCUT2D eigenvalue weighted by Crippen LogP contribution is 2.25. The van der Waals surface area contributed by atoms with Gasteiger partial charge in [0.1, 0.15) is 0 Å². The monoisotopic (exact) mass is 416 g/mol. The molecule has 0 fully saturated rings. The van der Waals surface area contributed by atoms with Gasteiger partial charge in [-0.15, -0.1) is 0 Å². The lowest BCUT2D eigenvalue weighted by atomic mass is 10.6. The van der Waals surface area contributed by atoms with Gasteiger partial charge in [-0.2, -0.15) is 11.8 Å². The number of alkyl halides is 1. The molecule has 24 heavy (non-hydrogen) atoms. The zero-order chi connectivity index (χ0) is 18.7. The topological polar surface area (TPSA) is 36.9 Å². The zero-order valence-corrected chi connectivity index (χ0v) is 20.4. The normalized spacial score (nSPS) is 13.5. The molecule has 0 aliphatic heterocycles. The highest BCUT2D eigenvalue weighted by atomic mass is 32.2. The van der Waals surface area contributed by atoms with E-state index in [4.69, 9.17) is 17.4 Å². The molecule has 0 aliphatic rings. The first kappa shape index (κ1) is 24.8. The van der Waals surface area contributed by atoms with Crippen LogP contribution in [0, 0.1) is 0 Å². The summed E-state index contributed by atoms with van der Waals surface area (Å²) < 4.78 is 35.2. The Bertz CT molecular complexity index is 324. The molecule has 0 heterocycles. The van der Waals surface area contributed by atoms with Crippen LogP contribution in [0.4, 0.5) is 4.39 Å². The van der Waals surface area contributed by atoms with Gasteiger partial charge in [0, 0.05) is 27.4 Å². The van der Waals surface area contributed by atoms with Crippen molar-refractivity contribution in [3.8, 4) is 0 Å². The number of halogens is 1. The highest BCUT2D eigenvalue weighted by Gasteiger charge is 2.37. The first-order chi connectivity index (χ1) is 11.2. The van der Waals surface area contributed by atoms with Crippen LogP contribution in [0.1, 0.15) is 12.8 Å². The van der Waals surface area contributed by atoms with Gasteiger partial charge in [0.05, 0.1) is 6.67 Å². The predicted molar refractivity (Wildman–Crippen MR) is 110 cm³/mol. The van der Waals surface area contributed by atoms with Crippen LogP contribution < -0.4 is 0 Å². The molecule has 0 atom stereocenters. The molecule has 0 saturated heterocycles. The molecular formula is C15H37FO4SSi3. The molecule has 0 aliphatic carbocycles. The van der Waals surface area contributed by atoms with Crippen molar-refractivity contribution in [1.29, 1.82) is 0 Å². The molecule has 0 aromatic rings. The lowest BCUT2D eigenvalue weighted by molar-refractivity contribution is 0.123. The SMILES string of the molecule is CO[Si](CCCSCC[Si](C)(C)O[Si](C)(C)CCCF)(OC)OC. The van der Waals surface area contributed by atoms with Crippen LogP contribution in [0.3, 0.4) is 0 Å². The number of rotatable bonds is 15. The Balaban J connectivity index is 4.01.